The Kier molecular flexibility index (Phi) is 5.07. The van der Waals surface area contributed by atoms with E-state index in [1.165, 1.54) is 24.3 Å². The monoisotopic (exact) mass is 397 g/mol. The number of carbonyl (C=O) groups excluding carboxylic acids is 1. The van der Waals surface area contributed by atoms with E-state index < -0.39 is 4.92 Å². The second kappa shape index (κ2) is 7.26. The zero-order valence-electron chi connectivity index (χ0n) is 12.3. The highest BCUT2D eigenvalue weighted by molar-refractivity contribution is 7.99. The number of rotatable bonds is 5. The van der Waals surface area contributed by atoms with Crippen molar-refractivity contribution in [2.75, 3.05) is 11.1 Å². The van der Waals surface area contributed by atoms with Crippen molar-refractivity contribution < 1.29 is 9.72 Å². The number of nitro benzene ring substituents is 1. The van der Waals surface area contributed by atoms with Gasteiger partial charge in [-0.3, -0.25) is 19.3 Å². The van der Waals surface area contributed by atoms with E-state index in [1.807, 2.05) is 0 Å². The van der Waals surface area contributed by atoms with Crippen LogP contribution < -0.4 is 5.32 Å². The summed E-state index contributed by atoms with van der Waals surface area (Å²) in [4.78, 5) is 22.1. The second-order valence-electron chi connectivity index (χ2n) is 4.82. The summed E-state index contributed by atoms with van der Waals surface area (Å²) in [7, 11) is 0. The molecule has 0 atom stereocenters. The summed E-state index contributed by atoms with van der Waals surface area (Å²) < 4.78 is 1.61. The quantitative estimate of drug-likeness (QED) is 0.400. The minimum absolute atomic E-state index is 0.0453. The maximum atomic E-state index is 12.0. The van der Waals surface area contributed by atoms with Gasteiger partial charge in [-0.05, 0) is 18.2 Å². The molecular weight excluding hydrogens is 389 g/mol. The molecule has 11 heteroatoms. The van der Waals surface area contributed by atoms with E-state index in [4.69, 9.17) is 23.2 Å². The Hall–Kier alpha value is -2.36. The standard InChI is InChI=1S/C14H9Cl2N5O3S/c15-8-5-11(16)13-18-19-14(20(13)6-8)25-7-12(22)17-9-1-3-10(4-2-9)21(23)24/h1-6H,7H2,(H,17,22). The summed E-state index contributed by atoms with van der Waals surface area (Å²) in [6.45, 7) is 0. The molecule has 0 saturated carbocycles. The van der Waals surface area contributed by atoms with Crippen molar-refractivity contribution >= 4 is 57.9 Å². The van der Waals surface area contributed by atoms with Gasteiger partial charge in [0.05, 0.1) is 20.7 Å². The number of hydrogen-bond acceptors (Lipinski definition) is 6. The molecule has 8 nitrogen and oxygen atoms in total. The van der Waals surface area contributed by atoms with Crippen LogP contribution in [-0.2, 0) is 4.79 Å². The molecule has 0 fully saturated rings. The third-order valence-electron chi connectivity index (χ3n) is 3.09. The van der Waals surface area contributed by atoms with Crippen LogP contribution in [0.1, 0.15) is 0 Å². The highest BCUT2D eigenvalue weighted by Crippen LogP contribution is 2.25. The van der Waals surface area contributed by atoms with Crippen LogP contribution in [0, 0.1) is 10.1 Å². The predicted octanol–water partition coefficient (Wildman–Crippen LogP) is 3.68. The molecule has 0 aliphatic rings. The zero-order valence-corrected chi connectivity index (χ0v) is 14.7. The molecule has 1 N–H and O–H groups in total. The summed E-state index contributed by atoms with van der Waals surface area (Å²) in [5, 5.41) is 22.5. The molecule has 2 aromatic heterocycles. The van der Waals surface area contributed by atoms with Gasteiger partial charge in [0.2, 0.25) is 5.91 Å². The van der Waals surface area contributed by atoms with E-state index in [9.17, 15) is 14.9 Å². The number of carbonyl (C=O) groups is 1. The Bertz CT molecular complexity index is 961. The molecule has 2 heterocycles. The van der Waals surface area contributed by atoms with E-state index in [-0.39, 0.29) is 17.3 Å². The van der Waals surface area contributed by atoms with Gasteiger partial charge in [0.25, 0.3) is 5.69 Å². The Morgan fingerprint density at radius 2 is 2.00 bits per heavy atom. The first-order valence-corrected chi connectivity index (χ1v) is 8.55. The lowest BCUT2D eigenvalue weighted by atomic mass is 10.3. The Morgan fingerprint density at radius 1 is 1.28 bits per heavy atom. The molecule has 0 aliphatic carbocycles. The van der Waals surface area contributed by atoms with Gasteiger partial charge in [0.1, 0.15) is 0 Å². The van der Waals surface area contributed by atoms with Crippen molar-refractivity contribution in [1.82, 2.24) is 14.6 Å². The SMILES string of the molecule is O=C(CSc1nnc2c(Cl)cc(Cl)cn12)Nc1ccc([N+](=O)[O-])cc1. The van der Waals surface area contributed by atoms with Gasteiger partial charge in [-0.2, -0.15) is 0 Å². The Labute approximate surface area is 155 Å². The number of nitrogens with zero attached hydrogens (tertiary/aromatic N) is 4. The molecule has 0 radical (unpaired) electrons. The van der Waals surface area contributed by atoms with E-state index in [0.717, 1.165) is 11.8 Å². The van der Waals surface area contributed by atoms with E-state index >= 15 is 0 Å². The fraction of sp³-hybridized carbons (Fsp3) is 0.0714. The minimum atomic E-state index is -0.506. The molecule has 128 valence electrons. The largest absolute Gasteiger partial charge is 0.325 e. The van der Waals surface area contributed by atoms with Crippen LogP contribution in [0.3, 0.4) is 0 Å². The number of amides is 1. The molecular formula is C14H9Cl2N5O3S. The summed E-state index contributed by atoms with van der Waals surface area (Å²) in [6, 6.07) is 7.12. The number of nitro groups is 1. The van der Waals surface area contributed by atoms with Crippen molar-refractivity contribution in [2.24, 2.45) is 0 Å². The molecule has 0 bridgehead atoms. The summed E-state index contributed by atoms with van der Waals surface area (Å²) in [6.07, 6.45) is 1.61. The van der Waals surface area contributed by atoms with Crippen molar-refractivity contribution in [3.05, 3.63) is 56.7 Å². The van der Waals surface area contributed by atoms with Crippen LogP contribution in [0.4, 0.5) is 11.4 Å². The van der Waals surface area contributed by atoms with Crippen molar-refractivity contribution in [1.29, 1.82) is 0 Å². The lowest BCUT2D eigenvalue weighted by molar-refractivity contribution is -0.384. The molecule has 0 saturated heterocycles. The first kappa shape index (κ1) is 17.5. The first-order valence-electron chi connectivity index (χ1n) is 6.81. The third kappa shape index (κ3) is 4.01. The Morgan fingerprint density at radius 3 is 2.68 bits per heavy atom. The van der Waals surface area contributed by atoms with Gasteiger partial charge >= 0.3 is 0 Å². The van der Waals surface area contributed by atoms with Crippen LogP contribution in [-0.4, -0.2) is 31.2 Å². The molecule has 3 rings (SSSR count). The van der Waals surface area contributed by atoms with Gasteiger partial charge in [0.15, 0.2) is 10.8 Å². The van der Waals surface area contributed by atoms with Gasteiger partial charge in [-0.25, -0.2) is 0 Å². The molecule has 1 aromatic carbocycles. The van der Waals surface area contributed by atoms with E-state index in [1.54, 1.807) is 16.7 Å². The van der Waals surface area contributed by atoms with Gasteiger partial charge < -0.3 is 5.32 Å². The number of thioether (sulfide) groups is 1. The van der Waals surface area contributed by atoms with Gasteiger partial charge in [-0.15, -0.1) is 10.2 Å². The van der Waals surface area contributed by atoms with Gasteiger partial charge in [-0.1, -0.05) is 35.0 Å². The molecule has 3 aromatic rings. The molecule has 0 unspecified atom stereocenters. The van der Waals surface area contributed by atoms with E-state index in [2.05, 4.69) is 15.5 Å². The average Bonchev–Trinajstić information content (AvgIpc) is 2.96. The summed E-state index contributed by atoms with van der Waals surface area (Å²) >= 11 is 13.2. The maximum absolute atomic E-state index is 12.0. The van der Waals surface area contributed by atoms with Crippen LogP contribution in [0.2, 0.25) is 10.0 Å². The number of aromatic nitrogens is 3. The number of non-ortho nitro benzene ring substituents is 1. The van der Waals surface area contributed by atoms with Crippen molar-refractivity contribution in [2.45, 2.75) is 5.16 Å². The van der Waals surface area contributed by atoms with Crippen molar-refractivity contribution in [3.63, 3.8) is 0 Å². The normalized spacial score (nSPS) is 10.8. The second-order valence-corrected chi connectivity index (χ2v) is 6.61. The molecule has 0 spiro atoms. The highest BCUT2D eigenvalue weighted by atomic mass is 35.5. The van der Waals surface area contributed by atoms with Crippen LogP contribution in [0.5, 0.6) is 0 Å². The topological polar surface area (TPSA) is 102 Å². The minimum Gasteiger partial charge on any atom is -0.325 e. The number of halogens is 2. The van der Waals surface area contributed by atoms with E-state index in [0.29, 0.717) is 26.5 Å². The summed E-state index contributed by atoms with van der Waals surface area (Å²) in [5.74, 6) is -0.217. The first-order chi connectivity index (χ1) is 11.9. The number of nitrogens with one attached hydrogen (secondary N) is 1. The number of anilines is 1. The molecule has 25 heavy (non-hydrogen) atoms. The average molecular weight is 398 g/mol. The van der Waals surface area contributed by atoms with Crippen molar-refractivity contribution in [3.8, 4) is 0 Å². The predicted molar refractivity (Wildman–Crippen MR) is 95.5 cm³/mol. The third-order valence-corrected chi connectivity index (χ3v) is 4.52. The van der Waals surface area contributed by atoms with Crippen LogP contribution in [0.25, 0.3) is 5.65 Å². The smallest absolute Gasteiger partial charge is 0.269 e. The summed E-state index contributed by atoms with van der Waals surface area (Å²) in [5.41, 5.74) is 0.869. The van der Waals surface area contributed by atoms with Gasteiger partial charge in [0, 0.05) is 24.0 Å². The van der Waals surface area contributed by atoms with Crippen LogP contribution in [0.15, 0.2) is 41.7 Å². The lowest BCUT2D eigenvalue weighted by Crippen LogP contribution is -2.14. The molecule has 1 amide bonds. The number of pyridine rings is 1. The fourth-order valence-electron chi connectivity index (χ4n) is 1.99. The maximum Gasteiger partial charge on any atom is 0.269 e. The fourth-order valence-corrected chi connectivity index (χ4v) is 3.21. The van der Waals surface area contributed by atoms with Crippen LogP contribution >= 0.6 is 35.0 Å². The number of benzene rings is 1. The number of fused-ring (bicyclic) bond motifs is 1. The zero-order chi connectivity index (χ0) is 18.0. The Balaban J connectivity index is 1.65. The molecule has 0 aliphatic heterocycles. The lowest BCUT2D eigenvalue weighted by Gasteiger charge is -2.04. The highest BCUT2D eigenvalue weighted by Gasteiger charge is 2.13. The number of hydrogen-bond donors (Lipinski definition) is 1.